The summed E-state index contributed by atoms with van der Waals surface area (Å²) >= 11 is 3.86. The number of alkyl halides is 11. The van der Waals surface area contributed by atoms with Gasteiger partial charge in [0, 0.05) is 6.20 Å². The molecule has 0 atom stereocenters. The van der Waals surface area contributed by atoms with Crippen LogP contribution in [0.15, 0.2) is 12.3 Å². The maximum Gasteiger partial charge on any atom is 0.393 e. The summed E-state index contributed by atoms with van der Waals surface area (Å²) in [4.78, 5) is 12.7. The van der Waals surface area contributed by atoms with E-state index in [1.807, 2.05) is 0 Å². The Morgan fingerprint density at radius 1 is 1.03 bits per heavy atom. The fraction of sp³-hybridized carbons (Fsp3) is 0.524. The molecular weight excluding hydrogens is 538 g/mol. The molecule has 0 unspecified atom stereocenters. The van der Waals surface area contributed by atoms with Crippen molar-refractivity contribution in [2.24, 2.45) is 0 Å². The molecule has 2 aromatic heterocycles. The number of halogens is 11. The lowest BCUT2D eigenvalue weighted by atomic mass is 9.88. The van der Waals surface area contributed by atoms with E-state index in [0.29, 0.717) is 29.2 Å². The number of nitrogens with zero attached hydrogens (tertiary/aromatic N) is 2. The van der Waals surface area contributed by atoms with Gasteiger partial charge in [-0.1, -0.05) is 0 Å². The average molecular weight is 553 g/mol. The van der Waals surface area contributed by atoms with Crippen LogP contribution in [0.4, 0.5) is 43.9 Å². The molecule has 36 heavy (non-hydrogen) atoms. The molecule has 0 aliphatic heterocycles. The summed E-state index contributed by atoms with van der Waals surface area (Å²) in [7, 11) is 0. The van der Waals surface area contributed by atoms with Crippen LogP contribution >= 0.6 is 11.6 Å². The van der Waals surface area contributed by atoms with Gasteiger partial charge in [0.2, 0.25) is 0 Å². The summed E-state index contributed by atoms with van der Waals surface area (Å²) in [5.74, 6) is -30.1. The molecule has 2 aromatic rings. The molecule has 0 N–H and O–H groups in total. The first-order chi connectivity index (χ1) is 16.4. The van der Waals surface area contributed by atoms with Crippen LogP contribution in [-0.4, -0.2) is 40.1 Å². The number of fused-ring (bicyclic) bond motifs is 3. The van der Waals surface area contributed by atoms with Crippen LogP contribution < -0.4 is 0 Å². The Hall–Kier alpha value is -2.69. The summed E-state index contributed by atoms with van der Waals surface area (Å²) in [6.45, 7) is 0.682. The number of hydrogen-bond donors (Lipinski definition) is 0. The van der Waals surface area contributed by atoms with Crippen LogP contribution in [0, 0.1) is 11.3 Å². The molecule has 0 radical (unpaired) electrons. The second-order valence-electron chi connectivity index (χ2n) is 7.97. The van der Waals surface area contributed by atoms with Crippen molar-refractivity contribution in [3.63, 3.8) is 0 Å². The van der Waals surface area contributed by atoms with Gasteiger partial charge in [-0.3, -0.25) is 0 Å². The van der Waals surface area contributed by atoms with E-state index in [1.165, 1.54) is 13.0 Å². The predicted octanol–water partition coefficient (Wildman–Crippen LogP) is 6.70. The minimum absolute atomic E-state index is 0.106. The SMILES string of the molecule is CCOC(=O)c1c(C(F)(F)C(F)(F)C(F)(F)C(F)(F)C(F)(F)Cl)c(C#N)n2ccc3c(c12)CCCC3. The van der Waals surface area contributed by atoms with E-state index < -0.39 is 64.0 Å². The highest BCUT2D eigenvalue weighted by atomic mass is 35.5. The number of aryl methyl sites for hydroxylation is 2. The number of ether oxygens (including phenoxy) is 1. The molecule has 0 aromatic carbocycles. The number of hydrogen-bond acceptors (Lipinski definition) is 3. The number of carbonyl (C=O) groups excluding carboxylic acids is 1. The first kappa shape index (κ1) is 27.9. The lowest BCUT2D eigenvalue weighted by molar-refractivity contribution is -0.393. The smallest absolute Gasteiger partial charge is 0.393 e. The molecule has 0 bridgehead atoms. The van der Waals surface area contributed by atoms with Crippen molar-refractivity contribution in [1.29, 1.82) is 5.26 Å². The Morgan fingerprint density at radius 3 is 2.14 bits per heavy atom. The zero-order valence-electron chi connectivity index (χ0n) is 18.1. The first-order valence-electron chi connectivity index (χ1n) is 10.2. The zero-order chi connectivity index (χ0) is 27.5. The number of pyridine rings is 1. The van der Waals surface area contributed by atoms with Crippen LogP contribution in [-0.2, 0) is 23.5 Å². The Labute approximate surface area is 201 Å². The maximum absolute atomic E-state index is 15.3. The van der Waals surface area contributed by atoms with Crippen molar-refractivity contribution in [3.05, 3.63) is 40.2 Å². The predicted molar refractivity (Wildman–Crippen MR) is 104 cm³/mol. The second kappa shape index (κ2) is 8.71. The summed E-state index contributed by atoms with van der Waals surface area (Å²) in [6, 6.07) is 2.42. The Balaban J connectivity index is 2.45. The van der Waals surface area contributed by atoms with E-state index in [0.717, 1.165) is 12.3 Å². The topological polar surface area (TPSA) is 54.5 Å². The van der Waals surface area contributed by atoms with Crippen molar-refractivity contribution < 1.29 is 53.4 Å². The molecule has 15 heteroatoms. The van der Waals surface area contributed by atoms with Gasteiger partial charge in [-0.15, -0.1) is 0 Å². The van der Waals surface area contributed by atoms with E-state index in [4.69, 9.17) is 0 Å². The van der Waals surface area contributed by atoms with E-state index in [1.54, 1.807) is 0 Å². The average Bonchev–Trinajstić information content (AvgIpc) is 3.13. The van der Waals surface area contributed by atoms with Crippen molar-refractivity contribution >= 4 is 23.1 Å². The number of carbonyl (C=O) groups is 1. The minimum Gasteiger partial charge on any atom is -0.462 e. The Kier molecular flexibility index (Phi) is 6.75. The van der Waals surface area contributed by atoms with Crippen molar-refractivity contribution in [2.75, 3.05) is 6.61 Å². The van der Waals surface area contributed by atoms with Gasteiger partial charge in [0.1, 0.15) is 11.8 Å². The summed E-state index contributed by atoms with van der Waals surface area (Å²) in [5, 5.41) is 3.12. The number of rotatable bonds is 7. The van der Waals surface area contributed by atoms with Crippen LogP contribution in [0.3, 0.4) is 0 Å². The molecule has 198 valence electrons. The zero-order valence-corrected chi connectivity index (χ0v) is 18.8. The molecule has 0 fully saturated rings. The molecule has 1 aliphatic rings. The van der Waals surface area contributed by atoms with Gasteiger partial charge >= 0.3 is 35.0 Å². The van der Waals surface area contributed by atoms with Gasteiger partial charge in [0.05, 0.1) is 23.3 Å². The molecule has 4 nitrogen and oxygen atoms in total. The quantitative estimate of drug-likeness (QED) is 0.218. The third kappa shape index (κ3) is 3.69. The second-order valence-corrected chi connectivity index (χ2v) is 8.45. The first-order valence-corrected chi connectivity index (χ1v) is 10.6. The fourth-order valence-electron chi connectivity index (χ4n) is 4.13. The molecule has 0 amide bonds. The van der Waals surface area contributed by atoms with Gasteiger partial charge in [-0.25, -0.2) is 4.79 Å². The maximum atomic E-state index is 15.3. The van der Waals surface area contributed by atoms with E-state index >= 15 is 8.78 Å². The third-order valence-electron chi connectivity index (χ3n) is 5.87. The van der Waals surface area contributed by atoms with Gasteiger partial charge in [0.15, 0.2) is 0 Å². The fourth-order valence-corrected chi connectivity index (χ4v) is 4.25. The highest BCUT2D eigenvalue weighted by Gasteiger charge is 2.87. The number of esters is 1. The van der Waals surface area contributed by atoms with E-state index in [9.17, 15) is 45.2 Å². The van der Waals surface area contributed by atoms with E-state index in [2.05, 4.69) is 16.3 Å². The van der Waals surface area contributed by atoms with Gasteiger partial charge in [-0.05, 0) is 61.4 Å². The Bertz CT molecular complexity index is 1240. The molecule has 0 saturated carbocycles. The van der Waals surface area contributed by atoms with Crippen LogP contribution in [0.5, 0.6) is 0 Å². The molecule has 0 saturated heterocycles. The molecular formula is C21H15ClF10N2O2. The van der Waals surface area contributed by atoms with Crippen LogP contribution in [0.1, 0.15) is 52.5 Å². The van der Waals surface area contributed by atoms with E-state index in [-0.39, 0.29) is 12.0 Å². The van der Waals surface area contributed by atoms with Gasteiger partial charge < -0.3 is 9.14 Å². The molecule has 0 spiro atoms. The molecule has 2 heterocycles. The highest BCUT2D eigenvalue weighted by Crippen LogP contribution is 2.61. The third-order valence-corrected chi connectivity index (χ3v) is 6.10. The minimum atomic E-state index is -7.46. The highest BCUT2D eigenvalue weighted by molar-refractivity contribution is 6.22. The summed E-state index contributed by atoms with van der Waals surface area (Å²) < 4.78 is 147. The van der Waals surface area contributed by atoms with Gasteiger partial charge in [-0.2, -0.15) is 49.2 Å². The summed E-state index contributed by atoms with van der Waals surface area (Å²) in [6.07, 6.45) is 2.48. The molecule has 1 aliphatic carbocycles. The largest absolute Gasteiger partial charge is 0.462 e. The number of aromatic nitrogens is 1. The van der Waals surface area contributed by atoms with Crippen molar-refractivity contribution in [1.82, 2.24) is 4.40 Å². The summed E-state index contributed by atoms with van der Waals surface area (Å²) in [5.41, 5.74) is -5.18. The van der Waals surface area contributed by atoms with Crippen molar-refractivity contribution in [2.45, 2.75) is 61.7 Å². The lowest BCUT2D eigenvalue weighted by Gasteiger charge is -2.38. The Morgan fingerprint density at radius 2 is 1.61 bits per heavy atom. The van der Waals surface area contributed by atoms with Gasteiger partial charge in [0.25, 0.3) is 0 Å². The standard InChI is InChI=1S/C21H15ClF10N2O2/c1-2-36-16(35)13-14(12(9-33)34-8-7-10-5-3-4-6-11(10)15(13)34)17(23,24)18(25,26)19(27,28)20(29,30)21(22,31)32/h7-8H,2-6H2,1H3. The van der Waals surface area contributed by atoms with Crippen molar-refractivity contribution in [3.8, 4) is 6.07 Å². The number of nitriles is 1. The molecule has 3 rings (SSSR count). The van der Waals surface area contributed by atoms with Crippen LogP contribution in [0.2, 0.25) is 0 Å². The monoisotopic (exact) mass is 552 g/mol. The normalized spacial score (nSPS) is 15.5. The lowest BCUT2D eigenvalue weighted by Crippen LogP contribution is -2.65. The van der Waals surface area contributed by atoms with Crippen LogP contribution in [0.25, 0.3) is 5.52 Å².